The summed E-state index contributed by atoms with van der Waals surface area (Å²) in [6.07, 6.45) is 4.42. The maximum Gasteiger partial charge on any atom is 0.217 e. The van der Waals surface area contributed by atoms with Crippen LogP contribution in [-0.2, 0) is 6.42 Å². The fourth-order valence-electron chi connectivity index (χ4n) is 2.11. The summed E-state index contributed by atoms with van der Waals surface area (Å²) in [4.78, 5) is 8.87. The van der Waals surface area contributed by atoms with E-state index in [1.165, 1.54) is 18.4 Å². The van der Waals surface area contributed by atoms with Gasteiger partial charge in [-0.2, -0.15) is 4.98 Å². The van der Waals surface area contributed by atoms with Gasteiger partial charge in [-0.15, -0.1) is 0 Å². The third-order valence-corrected chi connectivity index (χ3v) is 3.74. The summed E-state index contributed by atoms with van der Waals surface area (Å²) in [5.41, 5.74) is 1.35. The number of nitrogens with zero attached hydrogens (tertiary/aromatic N) is 2. The quantitative estimate of drug-likeness (QED) is 0.589. The normalized spacial score (nSPS) is 14.2. The first kappa shape index (κ1) is 13.6. The zero-order valence-electron chi connectivity index (χ0n) is 11.3. The highest BCUT2D eigenvalue weighted by molar-refractivity contribution is 9.10. The van der Waals surface area contributed by atoms with Crippen molar-refractivity contribution < 1.29 is 4.74 Å². The van der Waals surface area contributed by atoms with Crippen molar-refractivity contribution >= 4 is 15.9 Å². The number of halogens is 1. The van der Waals surface area contributed by atoms with Crippen LogP contribution >= 0.6 is 15.9 Å². The molecule has 4 heteroatoms. The lowest BCUT2D eigenvalue weighted by molar-refractivity contribution is 0.297. The fourth-order valence-corrected chi connectivity index (χ4v) is 2.49. The third kappa shape index (κ3) is 3.79. The van der Waals surface area contributed by atoms with Crippen LogP contribution < -0.4 is 4.74 Å². The molecule has 0 spiro atoms. The number of aromatic nitrogens is 2. The van der Waals surface area contributed by atoms with Crippen LogP contribution in [0.1, 0.15) is 36.6 Å². The molecule has 2 aromatic rings. The molecular formula is C16H17BrN2O. The van der Waals surface area contributed by atoms with Crippen LogP contribution in [0.25, 0.3) is 0 Å². The smallest absolute Gasteiger partial charge is 0.217 e. The van der Waals surface area contributed by atoms with Crippen molar-refractivity contribution in [1.82, 2.24) is 9.97 Å². The summed E-state index contributed by atoms with van der Waals surface area (Å²) in [5.74, 6) is 2.14. The van der Waals surface area contributed by atoms with E-state index in [1.807, 2.05) is 12.1 Å². The second-order valence-electron chi connectivity index (χ2n) is 5.10. The molecule has 104 valence electrons. The molecule has 0 N–H and O–H groups in total. The van der Waals surface area contributed by atoms with Crippen LogP contribution in [0.5, 0.6) is 5.88 Å². The van der Waals surface area contributed by atoms with E-state index >= 15 is 0 Å². The zero-order valence-corrected chi connectivity index (χ0v) is 12.8. The topological polar surface area (TPSA) is 35.0 Å². The van der Waals surface area contributed by atoms with E-state index in [0.29, 0.717) is 18.4 Å². The molecule has 1 aliphatic carbocycles. The average Bonchev–Trinajstić information content (AvgIpc) is 3.29. The number of hydrogen-bond acceptors (Lipinski definition) is 3. The minimum Gasteiger partial charge on any atom is -0.478 e. The Hall–Kier alpha value is -1.42. The summed E-state index contributed by atoms with van der Waals surface area (Å²) in [5, 5.41) is 0. The van der Waals surface area contributed by atoms with Crippen molar-refractivity contribution in [2.75, 3.05) is 6.61 Å². The summed E-state index contributed by atoms with van der Waals surface area (Å²) >= 11 is 3.42. The molecule has 3 rings (SSSR count). The van der Waals surface area contributed by atoms with Crippen LogP contribution in [0.3, 0.4) is 0 Å². The standard InChI is InChI=1S/C16H17BrN2O/c17-14-11-15(19-16(18-14)13-8-9-13)20-10-4-7-12-5-2-1-3-6-12/h1-3,5-6,11,13H,4,7-10H2. The first-order chi connectivity index (χ1) is 9.81. The van der Waals surface area contributed by atoms with Crippen LogP contribution in [0.15, 0.2) is 41.0 Å². The van der Waals surface area contributed by atoms with Gasteiger partial charge < -0.3 is 4.74 Å². The van der Waals surface area contributed by atoms with Gasteiger partial charge in [-0.3, -0.25) is 0 Å². The molecule has 0 unspecified atom stereocenters. The molecule has 1 fully saturated rings. The molecule has 1 heterocycles. The van der Waals surface area contributed by atoms with Crippen LogP contribution in [0, 0.1) is 0 Å². The molecule has 0 radical (unpaired) electrons. The van der Waals surface area contributed by atoms with Gasteiger partial charge in [0.1, 0.15) is 10.4 Å². The van der Waals surface area contributed by atoms with E-state index < -0.39 is 0 Å². The van der Waals surface area contributed by atoms with Crippen molar-refractivity contribution in [3.8, 4) is 5.88 Å². The van der Waals surface area contributed by atoms with E-state index in [9.17, 15) is 0 Å². The Morgan fingerprint density at radius 1 is 1.15 bits per heavy atom. The highest BCUT2D eigenvalue weighted by Gasteiger charge is 2.27. The van der Waals surface area contributed by atoms with E-state index in [-0.39, 0.29) is 0 Å². The minimum atomic E-state index is 0.541. The van der Waals surface area contributed by atoms with Crippen molar-refractivity contribution in [3.05, 3.63) is 52.4 Å². The van der Waals surface area contributed by atoms with Gasteiger partial charge in [-0.05, 0) is 47.2 Å². The second-order valence-corrected chi connectivity index (χ2v) is 5.91. The second kappa shape index (κ2) is 6.35. The molecule has 0 saturated heterocycles. The average molecular weight is 333 g/mol. The van der Waals surface area contributed by atoms with Crippen molar-refractivity contribution in [1.29, 1.82) is 0 Å². The Labute approximate surface area is 127 Å². The van der Waals surface area contributed by atoms with Gasteiger partial charge in [0.25, 0.3) is 0 Å². The van der Waals surface area contributed by atoms with Gasteiger partial charge in [-0.25, -0.2) is 4.98 Å². The van der Waals surface area contributed by atoms with Gasteiger partial charge in [0.05, 0.1) is 6.61 Å². The van der Waals surface area contributed by atoms with Gasteiger partial charge in [0.2, 0.25) is 5.88 Å². The van der Waals surface area contributed by atoms with E-state index in [0.717, 1.165) is 23.3 Å². The fraction of sp³-hybridized carbons (Fsp3) is 0.375. The maximum absolute atomic E-state index is 5.75. The van der Waals surface area contributed by atoms with Crippen LogP contribution in [-0.4, -0.2) is 16.6 Å². The SMILES string of the molecule is Brc1cc(OCCCc2ccccc2)nc(C2CC2)n1. The number of ether oxygens (including phenoxy) is 1. The van der Waals surface area contributed by atoms with Gasteiger partial charge in [-0.1, -0.05) is 30.3 Å². The summed E-state index contributed by atoms with van der Waals surface area (Å²) in [7, 11) is 0. The number of benzene rings is 1. The summed E-state index contributed by atoms with van der Waals surface area (Å²) < 4.78 is 6.56. The van der Waals surface area contributed by atoms with Gasteiger partial charge >= 0.3 is 0 Å². The van der Waals surface area contributed by atoms with Crippen LogP contribution in [0.2, 0.25) is 0 Å². The summed E-state index contributed by atoms with van der Waals surface area (Å²) in [6.45, 7) is 0.683. The number of hydrogen-bond donors (Lipinski definition) is 0. The largest absolute Gasteiger partial charge is 0.478 e. The number of aryl methyl sites for hydroxylation is 1. The molecule has 0 atom stereocenters. The molecule has 1 saturated carbocycles. The van der Waals surface area contributed by atoms with Gasteiger partial charge in [0, 0.05) is 12.0 Å². The predicted molar refractivity (Wildman–Crippen MR) is 82.0 cm³/mol. The molecule has 3 nitrogen and oxygen atoms in total. The highest BCUT2D eigenvalue weighted by Crippen LogP contribution is 2.39. The van der Waals surface area contributed by atoms with Gasteiger partial charge in [0.15, 0.2) is 0 Å². The Balaban J connectivity index is 1.51. The predicted octanol–water partition coefficient (Wildman–Crippen LogP) is 4.13. The van der Waals surface area contributed by atoms with E-state index in [1.54, 1.807) is 0 Å². The molecule has 1 aromatic carbocycles. The molecule has 1 aliphatic rings. The lowest BCUT2D eigenvalue weighted by Gasteiger charge is -2.07. The first-order valence-corrected chi connectivity index (χ1v) is 7.82. The van der Waals surface area contributed by atoms with Crippen molar-refractivity contribution in [2.24, 2.45) is 0 Å². The Morgan fingerprint density at radius 3 is 2.70 bits per heavy atom. The molecule has 0 bridgehead atoms. The highest BCUT2D eigenvalue weighted by atomic mass is 79.9. The summed E-state index contributed by atoms with van der Waals surface area (Å²) in [6, 6.07) is 12.3. The minimum absolute atomic E-state index is 0.541. The monoisotopic (exact) mass is 332 g/mol. The molecular weight excluding hydrogens is 316 g/mol. The molecule has 20 heavy (non-hydrogen) atoms. The Kier molecular flexibility index (Phi) is 4.31. The van der Waals surface area contributed by atoms with Crippen molar-refractivity contribution in [3.63, 3.8) is 0 Å². The van der Waals surface area contributed by atoms with E-state index in [2.05, 4.69) is 50.2 Å². The van der Waals surface area contributed by atoms with Crippen molar-refractivity contribution in [2.45, 2.75) is 31.6 Å². The zero-order chi connectivity index (χ0) is 13.8. The first-order valence-electron chi connectivity index (χ1n) is 7.02. The molecule has 1 aromatic heterocycles. The lowest BCUT2D eigenvalue weighted by Crippen LogP contribution is -2.03. The maximum atomic E-state index is 5.75. The Bertz CT molecular complexity index is 570. The number of rotatable bonds is 6. The lowest BCUT2D eigenvalue weighted by atomic mass is 10.1. The third-order valence-electron chi connectivity index (χ3n) is 3.33. The van der Waals surface area contributed by atoms with Crippen LogP contribution in [0.4, 0.5) is 0 Å². The Morgan fingerprint density at radius 2 is 1.95 bits per heavy atom. The molecule has 0 amide bonds. The van der Waals surface area contributed by atoms with E-state index in [4.69, 9.17) is 4.74 Å². The molecule has 0 aliphatic heterocycles.